The van der Waals surface area contributed by atoms with Crippen LogP contribution in [0.25, 0.3) is 5.82 Å². The van der Waals surface area contributed by atoms with Crippen molar-refractivity contribution < 1.29 is 14.3 Å². The zero-order valence-corrected chi connectivity index (χ0v) is 14.5. The Hall–Kier alpha value is -2.70. The Kier molecular flexibility index (Phi) is 4.83. The van der Waals surface area contributed by atoms with Crippen LogP contribution in [0.3, 0.4) is 0 Å². The van der Waals surface area contributed by atoms with Gasteiger partial charge in [-0.05, 0) is 31.9 Å². The Morgan fingerprint density at radius 2 is 2.00 bits per heavy atom. The van der Waals surface area contributed by atoms with Crippen LogP contribution in [0.2, 0.25) is 0 Å². The number of pyridine rings is 1. The SMILES string of the molecule is COC(=O)C1(NC(=O)c2cnn(-c3ccccn3)c2C)CCCCC1. The number of amides is 1. The first-order valence-electron chi connectivity index (χ1n) is 8.44. The molecule has 0 radical (unpaired) electrons. The number of hydrogen-bond acceptors (Lipinski definition) is 5. The summed E-state index contributed by atoms with van der Waals surface area (Å²) in [5.74, 6) is -0.0540. The Balaban J connectivity index is 1.86. The van der Waals surface area contributed by atoms with Crippen LogP contribution in [0.5, 0.6) is 0 Å². The highest BCUT2D eigenvalue weighted by atomic mass is 16.5. The minimum Gasteiger partial charge on any atom is -0.467 e. The fraction of sp³-hybridized carbons (Fsp3) is 0.444. The molecule has 2 heterocycles. The van der Waals surface area contributed by atoms with E-state index < -0.39 is 5.54 Å². The summed E-state index contributed by atoms with van der Waals surface area (Å²) >= 11 is 0. The van der Waals surface area contributed by atoms with Gasteiger partial charge in [0.1, 0.15) is 5.54 Å². The van der Waals surface area contributed by atoms with E-state index in [-0.39, 0.29) is 11.9 Å². The number of carbonyl (C=O) groups is 2. The molecular formula is C18H22N4O3. The van der Waals surface area contributed by atoms with Crippen molar-refractivity contribution >= 4 is 11.9 Å². The van der Waals surface area contributed by atoms with Crippen LogP contribution in [0.1, 0.15) is 48.2 Å². The molecule has 0 spiro atoms. The molecule has 1 N–H and O–H groups in total. The first-order valence-corrected chi connectivity index (χ1v) is 8.44. The molecule has 3 rings (SSSR count). The lowest BCUT2D eigenvalue weighted by molar-refractivity contribution is -0.149. The normalized spacial score (nSPS) is 16.2. The molecule has 7 nitrogen and oxygen atoms in total. The number of nitrogens with zero attached hydrogens (tertiary/aromatic N) is 3. The van der Waals surface area contributed by atoms with E-state index in [0.29, 0.717) is 29.9 Å². The van der Waals surface area contributed by atoms with E-state index in [1.807, 2.05) is 25.1 Å². The molecule has 1 aliphatic carbocycles. The van der Waals surface area contributed by atoms with E-state index >= 15 is 0 Å². The van der Waals surface area contributed by atoms with Crippen LogP contribution < -0.4 is 5.32 Å². The minimum absolute atomic E-state index is 0.313. The maximum atomic E-state index is 12.8. The highest BCUT2D eigenvalue weighted by Gasteiger charge is 2.42. The zero-order chi connectivity index (χ0) is 17.9. The molecule has 25 heavy (non-hydrogen) atoms. The van der Waals surface area contributed by atoms with Crippen molar-refractivity contribution in [2.24, 2.45) is 0 Å². The second-order valence-electron chi connectivity index (χ2n) is 6.33. The smallest absolute Gasteiger partial charge is 0.331 e. The lowest BCUT2D eigenvalue weighted by Crippen LogP contribution is -2.56. The lowest BCUT2D eigenvalue weighted by Gasteiger charge is -2.35. The average molecular weight is 342 g/mol. The van der Waals surface area contributed by atoms with Gasteiger partial charge >= 0.3 is 5.97 Å². The van der Waals surface area contributed by atoms with Crippen LogP contribution in [-0.4, -0.2) is 39.3 Å². The maximum Gasteiger partial charge on any atom is 0.331 e. The van der Waals surface area contributed by atoms with Crippen molar-refractivity contribution in [3.63, 3.8) is 0 Å². The fourth-order valence-corrected chi connectivity index (χ4v) is 3.36. The van der Waals surface area contributed by atoms with Gasteiger partial charge < -0.3 is 10.1 Å². The van der Waals surface area contributed by atoms with Crippen LogP contribution in [-0.2, 0) is 9.53 Å². The van der Waals surface area contributed by atoms with E-state index in [9.17, 15) is 9.59 Å². The molecule has 0 aliphatic heterocycles. The Labute approximate surface area is 146 Å². The van der Waals surface area contributed by atoms with Crippen molar-refractivity contribution in [3.8, 4) is 5.82 Å². The number of hydrogen-bond donors (Lipinski definition) is 1. The average Bonchev–Trinajstić information content (AvgIpc) is 3.04. The zero-order valence-electron chi connectivity index (χ0n) is 14.5. The van der Waals surface area contributed by atoms with E-state index in [1.165, 1.54) is 13.3 Å². The quantitative estimate of drug-likeness (QED) is 0.861. The number of rotatable bonds is 4. The molecule has 2 aromatic rings. The fourth-order valence-electron chi connectivity index (χ4n) is 3.36. The van der Waals surface area contributed by atoms with Gasteiger partial charge in [-0.2, -0.15) is 5.10 Å². The second kappa shape index (κ2) is 7.04. The van der Waals surface area contributed by atoms with Crippen molar-refractivity contribution in [1.82, 2.24) is 20.1 Å². The van der Waals surface area contributed by atoms with Gasteiger partial charge in [0.2, 0.25) is 0 Å². The molecule has 2 aromatic heterocycles. The van der Waals surface area contributed by atoms with Gasteiger partial charge in [-0.25, -0.2) is 14.5 Å². The maximum absolute atomic E-state index is 12.8. The standard InChI is InChI=1S/C18H22N4O3/c1-13-14(12-20-22(13)15-8-4-7-11-19-15)16(23)21-18(17(24)25-2)9-5-3-6-10-18/h4,7-8,11-12H,3,5-6,9-10H2,1-2H3,(H,21,23). The lowest BCUT2D eigenvalue weighted by atomic mass is 9.81. The van der Waals surface area contributed by atoms with E-state index in [1.54, 1.807) is 10.9 Å². The molecule has 0 saturated heterocycles. The number of methoxy groups -OCH3 is 1. The summed E-state index contributed by atoms with van der Waals surface area (Å²) in [5, 5.41) is 7.18. The molecule has 132 valence electrons. The highest BCUT2D eigenvalue weighted by Crippen LogP contribution is 2.30. The van der Waals surface area contributed by atoms with Crippen molar-refractivity contribution in [2.75, 3.05) is 7.11 Å². The Morgan fingerprint density at radius 3 is 2.64 bits per heavy atom. The molecule has 0 unspecified atom stereocenters. The number of nitrogens with one attached hydrogen (secondary N) is 1. The molecular weight excluding hydrogens is 320 g/mol. The molecule has 0 bridgehead atoms. The van der Waals surface area contributed by atoms with Gasteiger partial charge in [-0.3, -0.25) is 4.79 Å². The summed E-state index contributed by atoms with van der Waals surface area (Å²) in [6, 6.07) is 5.50. The van der Waals surface area contributed by atoms with Crippen molar-refractivity contribution in [3.05, 3.63) is 41.9 Å². The Bertz CT molecular complexity index is 764. The van der Waals surface area contributed by atoms with E-state index in [2.05, 4.69) is 15.4 Å². The third kappa shape index (κ3) is 3.26. The third-order valence-corrected chi connectivity index (χ3v) is 4.76. The van der Waals surface area contributed by atoms with E-state index in [0.717, 1.165) is 19.3 Å². The first-order chi connectivity index (χ1) is 12.1. The van der Waals surface area contributed by atoms with E-state index in [4.69, 9.17) is 4.74 Å². The second-order valence-corrected chi connectivity index (χ2v) is 6.33. The molecule has 1 aliphatic rings. The van der Waals surface area contributed by atoms with Crippen molar-refractivity contribution in [1.29, 1.82) is 0 Å². The number of ether oxygens (including phenoxy) is 1. The predicted molar refractivity (Wildman–Crippen MR) is 91.4 cm³/mol. The highest BCUT2D eigenvalue weighted by molar-refractivity contribution is 5.99. The van der Waals surface area contributed by atoms with Gasteiger partial charge in [0.25, 0.3) is 5.91 Å². The molecule has 0 aromatic carbocycles. The summed E-state index contributed by atoms with van der Waals surface area (Å²) in [4.78, 5) is 29.4. The van der Waals surface area contributed by atoms with Gasteiger partial charge in [0.05, 0.1) is 24.6 Å². The minimum atomic E-state index is -0.941. The van der Waals surface area contributed by atoms with Crippen LogP contribution >= 0.6 is 0 Å². The third-order valence-electron chi connectivity index (χ3n) is 4.76. The van der Waals surface area contributed by atoms with Crippen LogP contribution in [0.4, 0.5) is 0 Å². The predicted octanol–water partition coefficient (Wildman–Crippen LogP) is 2.18. The monoisotopic (exact) mass is 342 g/mol. The van der Waals surface area contributed by atoms with Crippen molar-refractivity contribution in [2.45, 2.75) is 44.6 Å². The van der Waals surface area contributed by atoms with Gasteiger partial charge in [-0.1, -0.05) is 25.3 Å². The first kappa shape index (κ1) is 17.1. The summed E-state index contributed by atoms with van der Waals surface area (Å²) < 4.78 is 6.56. The summed E-state index contributed by atoms with van der Waals surface area (Å²) in [7, 11) is 1.36. The number of aromatic nitrogens is 3. The largest absolute Gasteiger partial charge is 0.467 e. The molecule has 7 heteroatoms. The van der Waals surface area contributed by atoms with Gasteiger partial charge in [0.15, 0.2) is 5.82 Å². The summed E-state index contributed by atoms with van der Waals surface area (Å²) in [6.45, 7) is 1.81. The number of esters is 1. The molecule has 1 saturated carbocycles. The molecule has 1 fully saturated rings. The van der Waals surface area contributed by atoms with Gasteiger partial charge in [0, 0.05) is 6.20 Å². The summed E-state index contributed by atoms with van der Waals surface area (Å²) in [5.41, 5.74) is 0.162. The number of carbonyl (C=O) groups excluding carboxylic acids is 2. The summed E-state index contributed by atoms with van der Waals surface area (Å²) in [6.07, 6.45) is 7.21. The van der Waals surface area contributed by atoms with Crippen LogP contribution in [0.15, 0.2) is 30.6 Å². The Morgan fingerprint density at radius 1 is 1.24 bits per heavy atom. The van der Waals surface area contributed by atoms with Crippen LogP contribution in [0, 0.1) is 6.92 Å². The molecule has 1 amide bonds. The van der Waals surface area contributed by atoms with Gasteiger partial charge in [-0.15, -0.1) is 0 Å². The molecule has 0 atom stereocenters. The topological polar surface area (TPSA) is 86.1 Å².